The summed E-state index contributed by atoms with van der Waals surface area (Å²) in [6.45, 7) is 26.2. The number of ether oxygens (including phenoxy) is 2. The summed E-state index contributed by atoms with van der Waals surface area (Å²) in [6.07, 6.45) is 55.8. The van der Waals surface area contributed by atoms with Crippen LogP contribution in [-0.2, 0) is 92.2 Å². The summed E-state index contributed by atoms with van der Waals surface area (Å²) < 4.78 is 85.0. The van der Waals surface area contributed by atoms with Gasteiger partial charge in [-0.15, -0.1) is 0 Å². The van der Waals surface area contributed by atoms with Gasteiger partial charge >= 0.3 is 5.97 Å². The smallest absolute Gasteiger partial charge is 0.333 e. The first-order chi connectivity index (χ1) is 68.9. The number of nitrogens with two attached hydrogens (primary N) is 3. The van der Waals surface area contributed by atoms with Crippen molar-refractivity contribution in [2.24, 2.45) is 5.73 Å². The van der Waals surface area contributed by atoms with E-state index < -0.39 is 48.8 Å². The van der Waals surface area contributed by atoms with Crippen molar-refractivity contribution in [3.8, 4) is 11.8 Å². The molecule has 0 spiro atoms. The normalized spacial score (nSPS) is 17.6. The second-order valence-electron chi connectivity index (χ2n) is 38.6. The standard InChI is InChI=1S/C54H60N8O5S.C45H49N3O7S.C13H14N6O/c1-37-22-28-44-42(32-37)53(2,3)46(62(44)31-15-18-38-16-10-7-6-8-11-17-38)19-14-20-47-54(4,5)43-33-41(68(64,65)66)27-29-45(43)61(47)30-13-9-12-21-48(63)56-34-39-23-25-40(26-24-39)35-67-51-49-50(58-36-57-49)59-52(55)60-51;1-32-22-24-37-35(30-32)44(2,3)39(47(37)29-15-18-33-16-10-7-6-8-11-17-33)19-14-20-40-45(4,5)36-31-34(56(52,53)54)23-25-38(36)46(40)28-13-9-12-21-43(51)55-48-41(49)26-27-42(48)50;14-5-8-1-3-9(4-2-8)6-20-12-10-11(17-7-16-10)18-13(15)19-12/h6-8,10-11,14,16-17,19-20,22-29,32-33,36H,9,12-13,15,18,21,30-31,34-35H2,1-5H3,(H4-,55,56,57,58,59,60,63,64,65,66);6-8,10-11,14,16-17,19-20,22-27,30-31H,9,12-13,15,18,21,28-29H2,1-5H3;1-4,7H,5-6,14H2,(H3,15,16,17,18,19)/p+2/b7-6-,8-6?,10-7?,11-8-,16-10?,17-11?,38-16?,38-17?;7-6-,8-6?,10-7?,11-8-,16-10?,17-11?,33-16?,33-17?;. The number of nitrogens with one attached hydrogen (secondary N) is 3. The molecule has 5 aliphatic heterocycles. The summed E-state index contributed by atoms with van der Waals surface area (Å²) in [7, 11) is -8.83. The molecule has 2 aliphatic carbocycles. The molecule has 144 heavy (non-hydrogen) atoms. The number of nitrogens with zero attached hydrogens (tertiary/aromatic N) is 11. The summed E-state index contributed by atoms with van der Waals surface area (Å²) in [5.74, 6) is -1.08. The molecule has 746 valence electrons. The van der Waals surface area contributed by atoms with Gasteiger partial charge in [0.25, 0.3) is 32.1 Å². The number of aryl methyl sites for hydroxylation is 2. The van der Waals surface area contributed by atoms with E-state index in [2.05, 4.69) is 253 Å². The summed E-state index contributed by atoms with van der Waals surface area (Å²) in [5.41, 5.74) is 39.3. The molecule has 17 rings (SSSR count). The Morgan fingerprint density at radius 1 is 0.479 bits per heavy atom. The van der Waals surface area contributed by atoms with Crippen molar-refractivity contribution in [3.63, 3.8) is 0 Å². The van der Waals surface area contributed by atoms with Crippen LogP contribution in [-0.4, -0.2) is 141 Å². The molecule has 7 aliphatic rings. The van der Waals surface area contributed by atoms with E-state index >= 15 is 0 Å². The minimum absolute atomic E-state index is 0.0134. The van der Waals surface area contributed by atoms with E-state index in [1.807, 2.05) is 86.7 Å². The first kappa shape index (κ1) is 103. The number of carbonyl (C=O) groups is 4. The molecule has 6 aromatic carbocycles. The van der Waals surface area contributed by atoms with E-state index in [-0.39, 0.29) is 51.5 Å². The van der Waals surface area contributed by atoms with Crippen LogP contribution in [0.15, 0.2) is 300 Å². The van der Waals surface area contributed by atoms with Gasteiger partial charge in [0.05, 0.1) is 33.3 Å². The lowest BCUT2D eigenvalue weighted by atomic mass is 9.81. The molecule has 0 saturated heterocycles. The predicted molar refractivity (Wildman–Crippen MR) is 563 cm³/mol. The zero-order chi connectivity index (χ0) is 102. The fourth-order valence-electron chi connectivity index (χ4n) is 19.1. The Bertz CT molecular complexity index is 7300. The Labute approximate surface area is 840 Å². The Morgan fingerprint density at radius 2 is 0.903 bits per heavy atom. The molecule has 0 unspecified atom stereocenters. The minimum Gasteiger partial charge on any atom is -0.471 e. The molecule has 0 saturated carbocycles. The van der Waals surface area contributed by atoms with Crippen LogP contribution in [0.3, 0.4) is 0 Å². The van der Waals surface area contributed by atoms with Gasteiger partial charge in [-0.25, -0.2) is 14.8 Å². The van der Waals surface area contributed by atoms with Gasteiger partial charge in [-0.2, -0.15) is 45.9 Å². The number of nitrogen functional groups attached to an aromatic ring is 2. The summed E-state index contributed by atoms with van der Waals surface area (Å²) in [6, 6.07) is 38.7. The number of allylic oxidation sites excluding steroid dienone is 24. The monoisotopic (exact) mass is 1980 g/mol. The fraction of sp³-hybridized carbons (Fsp3) is 0.304. The van der Waals surface area contributed by atoms with Gasteiger partial charge in [-0.3, -0.25) is 23.5 Å². The lowest BCUT2D eigenvalue weighted by molar-refractivity contribution is -0.438. The average molecular weight is 1980 g/mol. The minimum atomic E-state index is -4.42. The van der Waals surface area contributed by atoms with Crippen LogP contribution in [0.25, 0.3) is 22.3 Å². The molecular formula is C112H125N17O13S2+2. The summed E-state index contributed by atoms with van der Waals surface area (Å²) in [5, 5.41) is 3.51. The highest BCUT2D eigenvalue weighted by Crippen LogP contribution is 2.51. The number of rotatable bonds is 36. The number of aromatic amines is 2. The number of fused-ring (bicyclic) bond motifs is 6. The third-order valence-electron chi connectivity index (χ3n) is 26.8. The summed E-state index contributed by atoms with van der Waals surface area (Å²) in [4.78, 5) is 88.8. The second kappa shape index (κ2) is 45.1. The third-order valence-corrected chi connectivity index (χ3v) is 28.5. The maximum atomic E-state index is 13.0. The first-order valence-electron chi connectivity index (χ1n) is 48.5. The van der Waals surface area contributed by atoms with Crippen molar-refractivity contribution in [3.05, 3.63) is 346 Å². The van der Waals surface area contributed by atoms with Crippen LogP contribution in [0.1, 0.15) is 188 Å². The van der Waals surface area contributed by atoms with E-state index in [4.69, 9.17) is 31.5 Å². The van der Waals surface area contributed by atoms with E-state index in [1.165, 1.54) is 81.0 Å². The van der Waals surface area contributed by atoms with Crippen LogP contribution >= 0.6 is 0 Å². The molecule has 11 N–H and O–H groups in total. The van der Waals surface area contributed by atoms with Crippen molar-refractivity contribution >= 4 is 112 Å². The Hall–Kier alpha value is -15.0. The van der Waals surface area contributed by atoms with Crippen LogP contribution in [0.5, 0.6) is 11.8 Å². The van der Waals surface area contributed by atoms with Crippen molar-refractivity contribution in [2.75, 3.05) is 47.4 Å². The largest absolute Gasteiger partial charge is 0.471 e. The molecule has 3 amide bonds. The highest BCUT2D eigenvalue weighted by molar-refractivity contribution is 7.86. The number of carbonyl (C=O) groups excluding carboxylic acids is 4. The number of aromatic nitrogens is 8. The van der Waals surface area contributed by atoms with Crippen molar-refractivity contribution in [1.29, 1.82) is 0 Å². The van der Waals surface area contributed by atoms with Crippen LogP contribution < -0.4 is 41.8 Å². The second-order valence-corrected chi connectivity index (χ2v) is 41.4. The Balaban J connectivity index is 0.000000183. The maximum absolute atomic E-state index is 13.0. The van der Waals surface area contributed by atoms with Gasteiger partial charge in [0, 0.05) is 133 Å². The van der Waals surface area contributed by atoms with Gasteiger partial charge < -0.3 is 56.6 Å². The van der Waals surface area contributed by atoms with Gasteiger partial charge in [-0.1, -0.05) is 214 Å². The van der Waals surface area contributed by atoms with Crippen molar-refractivity contribution < 1.29 is 68.6 Å². The molecule has 0 bridgehead atoms. The average Bonchev–Trinajstić information content (AvgIpc) is 1.59. The fourth-order valence-corrected chi connectivity index (χ4v) is 20.1. The number of imidazole rings is 2. The number of hydrogen-bond acceptors (Lipinski definition) is 22. The number of imide groups is 1. The number of anilines is 4. The van der Waals surface area contributed by atoms with Gasteiger partial charge in [0.2, 0.25) is 40.9 Å². The van der Waals surface area contributed by atoms with Crippen molar-refractivity contribution in [1.82, 2.24) is 50.3 Å². The highest BCUT2D eigenvalue weighted by Gasteiger charge is 2.48. The number of unbranched alkanes of at least 4 members (excludes halogenated alkanes) is 4. The molecule has 32 heteroatoms. The lowest BCUT2D eigenvalue weighted by Gasteiger charge is -2.27. The number of amides is 3. The number of hydrogen-bond donors (Lipinski definition) is 8. The van der Waals surface area contributed by atoms with Crippen LogP contribution in [0.2, 0.25) is 0 Å². The lowest BCUT2D eigenvalue weighted by Crippen LogP contribution is -2.32. The number of benzene rings is 6. The Morgan fingerprint density at radius 3 is 1.35 bits per heavy atom. The molecule has 0 fully saturated rings. The summed E-state index contributed by atoms with van der Waals surface area (Å²) >= 11 is 0. The van der Waals surface area contributed by atoms with Gasteiger partial charge in [-0.05, 0) is 186 Å². The van der Waals surface area contributed by atoms with Gasteiger partial charge in [0.1, 0.15) is 37.3 Å². The molecule has 4 aromatic heterocycles. The maximum Gasteiger partial charge on any atom is 0.333 e. The van der Waals surface area contributed by atoms with E-state index in [0.717, 1.165) is 120 Å². The molecule has 9 heterocycles. The molecule has 10 aromatic rings. The van der Waals surface area contributed by atoms with Gasteiger partial charge in [0.15, 0.2) is 22.7 Å². The highest BCUT2D eigenvalue weighted by atomic mass is 32.2. The SMILES string of the molecule is Cc1ccc2c(c1)C(C)(C)C(=CC=CC1=[N+](CCCCCC(=O)NCc3ccc(COc4nc(N)nc5nc[nH]c45)cc3)c3ccc(S(=O)(=O)O)cc3C1(C)C)N2CCCC1=C/C=C\C=C/C=C1.Cc1ccc2c(c1)C(C)(C)C(=CC=CC1=[N+](CCCCCC(=O)ON3C(=O)C=CC3=O)c3ccc(S(=O)(=O)O)cc3C1(C)C)N2CCCC1=C/C=C\C=C/C=C1.NCc1ccc(COc2nc(N)nc3nc[nH]c23)cc1. The topological polar surface area (TPSA) is 419 Å². The number of H-pyrrole nitrogens is 2. The predicted octanol–water partition coefficient (Wildman–Crippen LogP) is 19.1. The molecule has 0 atom stereocenters. The quantitative estimate of drug-likeness (QED) is 0.00782. The molecule has 30 nitrogen and oxygen atoms in total. The number of hydroxylamine groups is 2. The van der Waals surface area contributed by atoms with E-state index in [0.29, 0.717) is 104 Å². The third kappa shape index (κ3) is 24.5. The van der Waals surface area contributed by atoms with E-state index in [9.17, 15) is 45.1 Å². The van der Waals surface area contributed by atoms with Crippen molar-refractivity contribution in [2.45, 2.75) is 204 Å². The zero-order valence-corrected chi connectivity index (χ0v) is 84.5. The van der Waals surface area contributed by atoms with Crippen LogP contribution in [0, 0.1) is 13.8 Å². The van der Waals surface area contributed by atoms with E-state index in [1.54, 1.807) is 24.3 Å². The molecular weight excluding hydrogens is 1860 g/mol. The zero-order valence-electron chi connectivity index (χ0n) is 82.9. The Kier molecular flexibility index (Phi) is 32.4. The first-order valence-corrected chi connectivity index (χ1v) is 51.4. The molecule has 0 radical (unpaired) electrons. The van der Waals surface area contributed by atoms with Crippen LogP contribution in [0.4, 0.5) is 34.6 Å².